The van der Waals surface area contributed by atoms with Crippen LogP contribution in [0.15, 0.2) is 24.3 Å². The first-order valence-corrected chi connectivity index (χ1v) is 10.0. The second kappa shape index (κ2) is 7.02. The Balaban J connectivity index is 1.62. The Morgan fingerprint density at radius 2 is 1.96 bits per heavy atom. The van der Waals surface area contributed by atoms with Gasteiger partial charge < -0.3 is 9.64 Å². The third-order valence-corrected chi connectivity index (χ3v) is 6.20. The fourth-order valence-corrected chi connectivity index (χ4v) is 4.80. The molecule has 3 rings (SSSR count). The number of ether oxygens (including phenoxy) is 1. The highest BCUT2D eigenvalue weighted by molar-refractivity contribution is 7.91. The van der Waals surface area contributed by atoms with Gasteiger partial charge in [-0.05, 0) is 25.3 Å². The molecule has 1 aliphatic carbocycles. The van der Waals surface area contributed by atoms with E-state index in [1.54, 1.807) is 0 Å². The van der Waals surface area contributed by atoms with Crippen LogP contribution in [0.3, 0.4) is 0 Å². The molecule has 10 heteroatoms. The number of benzene rings is 1. The van der Waals surface area contributed by atoms with Crippen LogP contribution in [0.1, 0.15) is 29.6 Å². The van der Waals surface area contributed by atoms with Gasteiger partial charge in [0.15, 0.2) is 16.4 Å². The van der Waals surface area contributed by atoms with Crippen LogP contribution in [0.25, 0.3) is 0 Å². The van der Waals surface area contributed by atoms with Gasteiger partial charge in [0.2, 0.25) is 0 Å². The van der Waals surface area contributed by atoms with Gasteiger partial charge in [-0.1, -0.05) is 6.07 Å². The van der Waals surface area contributed by atoms with Crippen LogP contribution in [0.2, 0.25) is 0 Å². The average molecular weight is 382 g/mol. The van der Waals surface area contributed by atoms with E-state index in [9.17, 15) is 28.1 Å². The summed E-state index contributed by atoms with van der Waals surface area (Å²) in [6, 6.07) is 4.67. The summed E-state index contributed by atoms with van der Waals surface area (Å²) in [5.74, 6) is -1.28. The molecule has 1 aromatic carbocycles. The number of hydrogen-bond acceptors (Lipinski definition) is 7. The van der Waals surface area contributed by atoms with E-state index < -0.39 is 33.2 Å². The average Bonchev–Trinajstić information content (AvgIpc) is 3.36. The van der Waals surface area contributed by atoms with Crippen molar-refractivity contribution in [3.05, 3.63) is 39.9 Å². The molecule has 0 spiro atoms. The molecular weight excluding hydrogens is 364 g/mol. The Morgan fingerprint density at radius 1 is 1.23 bits per heavy atom. The van der Waals surface area contributed by atoms with Crippen molar-refractivity contribution < 1.29 is 27.7 Å². The van der Waals surface area contributed by atoms with E-state index in [1.165, 1.54) is 23.1 Å². The number of non-ortho nitro benzene ring substituents is 1. The SMILES string of the molecule is O=C(OCC(=O)N(C1CC1)[C@H]1CCS(=O)(=O)C1)c1cccc([N+](=O)[O-])c1. The minimum atomic E-state index is -3.13. The second-order valence-electron chi connectivity index (χ2n) is 6.47. The van der Waals surface area contributed by atoms with Gasteiger partial charge in [0.25, 0.3) is 11.6 Å². The Kier molecular flexibility index (Phi) is 4.94. The van der Waals surface area contributed by atoms with Crippen molar-refractivity contribution in [2.75, 3.05) is 18.1 Å². The quantitative estimate of drug-likeness (QED) is 0.407. The predicted molar refractivity (Wildman–Crippen MR) is 90.3 cm³/mol. The Morgan fingerprint density at radius 3 is 2.54 bits per heavy atom. The summed E-state index contributed by atoms with van der Waals surface area (Å²) in [4.78, 5) is 36.2. The molecule has 0 N–H and O–H groups in total. The Hall–Kier alpha value is -2.49. The molecule has 0 unspecified atom stereocenters. The number of sulfone groups is 1. The van der Waals surface area contributed by atoms with E-state index in [2.05, 4.69) is 0 Å². The van der Waals surface area contributed by atoms with Crippen LogP contribution in [0.4, 0.5) is 5.69 Å². The lowest BCUT2D eigenvalue weighted by molar-refractivity contribution is -0.384. The highest BCUT2D eigenvalue weighted by atomic mass is 32.2. The summed E-state index contributed by atoms with van der Waals surface area (Å²) >= 11 is 0. The first-order chi connectivity index (χ1) is 12.3. The highest BCUT2D eigenvalue weighted by Crippen LogP contribution is 2.32. The molecule has 0 radical (unpaired) electrons. The molecule has 1 aromatic rings. The van der Waals surface area contributed by atoms with Crippen molar-refractivity contribution in [3.63, 3.8) is 0 Å². The van der Waals surface area contributed by atoms with Crippen LogP contribution in [0.5, 0.6) is 0 Å². The predicted octanol–water partition coefficient (Wildman–Crippen LogP) is 0.930. The number of hydrogen-bond donors (Lipinski definition) is 0. The molecule has 26 heavy (non-hydrogen) atoms. The van der Waals surface area contributed by atoms with Gasteiger partial charge in [0.05, 0.1) is 22.0 Å². The molecule has 9 nitrogen and oxygen atoms in total. The fourth-order valence-electron chi connectivity index (χ4n) is 3.08. The number of esters is 1. The van der Waals surface area contributed by atoms with Crippen molar-refractivity contribution in [2.24, 2.45) is 0 Å². The van der Waals surface area contributed by atoms with Crippen LogP contribution in [-0.4, -0.2) is 60.3 Å². The number of rotatable bonds is 6. The molecule has 140 valence electrons. The van der Waals surface area contributed by atoms with E-state index in [0.717, 1.165) is 18.9 Å². The molecule has 2 aliphatic rings. The summed E-state index contributed by atoms with van der Waals surface area (Å²) in [6.07, 6.45) is 2.01. The van der Waals surface area contributed by atoms with E-state index in [-0.39, 0.29) is 34.8 Å². The molecule has 1 heterocycles. The molecular formula is C16H18N2O7S. The van der Waals surface area contributed by atoms with Crippen LogP contribution >= 0.6 is 0 Å². The zero-order valence-electron chi connectivity index (χ0n) is 13.9. The van der Waals surface area contributed by atoms with Crippen LogP contribution in [0, 0.1) is 10.1 Å². The number of nitro groups is 1. The molecule has 1 aliphatic heterocycles. The highest BCUT2D eigenvalue weighted by Gasteiger charge is 2.42. The number of carbonyl (C=O) groups is 2. The maximum atomic E-state index is 12.5. The fraction of sp³-hybridized carbons (Fsp3) is 0.500. The van der Waals surface area contributed by atoms with Crippen molar-refractivity contribution in [3.8, 4) is 0 Å². The van der Waals surface area contributed by atoms with Crippen molar-refractivity contribution >= 4 is 27.4 Å². The van der Waals surface area contributed by atoms with Crippen LogP contribution < -0.4 is 0 Å². The van der Waals surface area contributed by atoms with Gasteiger partial charge in [-0.2, -0.15) is 0 Å². The first-order valence-electron chi connectivity index (χ1n) is 8.20. The van der Waals surface area contributed by atoms with E-state index >= 15 is 0 Å². The van der Waals surface area contributed by atoms with E-state index in [0.29, 0.717) is 6.42 Å². The zero-order chi connectivity index (χ0) is 18.9. The lowest BCUT2D eigenvalue weighted by Gasteiger charge is -2.28. The maximum absolute atomic E-state index is 12.5. The number of nitro benzene ring substituents is 1. The van der Waals surface area contributed by atoms with Crippen LogP contribution in [-0.2, 0) is 19.4 Å². The lowest BCUT2D eigenvalue weighted by atomic mass is 10.2. The Labute approximate surface area is 150 Å². The monoisotopic (exact) mass is 382 g/mol. The minimum Gasteiger partial charge on any atom is -0.452 e. The molecule has 1 saturated heterocycles. The molecule has 0 bridgehead atoms. The summed E-state index contributed by atoms with van der Waals surface area (Å²) in [7, 11) is -3.13. The third kappa shape index (κ3) is 4.18. The van der Waals surface area contributed by atoms with Gasteiger partial charge in [-0.25, -0.2) is 13.2 Å². The topological polar surface area (TPSA) is 124 Å². The lowest BCUT2D eigenvalue weighted by Crippen LogP contribution is -2.44. The normalized spacial score (nSPS) is 21.2. The number of amides is 1. The number of nitrogens with zero attached hydrogens (tertiary/aromatic N) is 2. The minimum absolute atomic E-state index is 0.00249. The van der Waals surface area contributed by atoms with Crippen molar-refractivity contribution in [1.29, 1.82) is 0 Å². The van der Waals surface area contributed by atoms with E-state index in [1.807, 2.05) is 0 Å². The molecule has 1 saturated carbocycles. The smallest absolute Gasteiger partial charge is 0.338 e. The summed E-state index contributed by atoms with van der Waals surface area (Å²) in [5, 5.41) is 10.8. The molecule has 1 atom stereocenters. The van der Waals surface area contributed by atoms with Gasteiger partial charge in [-0.15, -0.1) is 0 Å². The van der Waals surface area contributed by atoms with Gasteiger partial charge >= 0.3 is 5.97 Å². The van der Waals surface area contributed by atoms with Gasteiger partial charge in [0, 0.05) is 24.2 Å². The summed E-state index contributed by atoms with van der Waals surface area (Å²) in [5.41, 5.74) is -0.269. The summed E-state index contributed by atoms with van der Waals surface area (Å²) in [6.45, 7) is -0.519. The molecule has 0 aromatic heterocycles. The largest absolute Gasteiger partial charge is 0.452 e. The zero-order valence-corrected chi connectivity index (χ0v) is 14.7. The third-order valence-electron chi connectivity index (χ3n) is 4.45. The maximum Gasteiger partial charge on any atom is 0.338 e. The van der Waals surface area contributed by atoms with E-state index in [4.69, 9.17) is 4.74 Å². The van der Waals surface area contributed by atoms with Gasteiger partial charge in [-0.3, -0.25) is 14.9 Å². The Bertz CT molecular complexity index is 848. The molecule has 1 amide bonds. The van der Waals surface area contributed by atoms with Crippen molar-refractivity contribution in [2.45, 2.75) is 31.3 Å². The standard InChI is InChI=1S/C16H18N2O7S/c19-15(17(12-4-5-12)14-6-7-26(23,24)10-14)9-25-16(20)11-2-1-3-13(8-11)18(21)22/h1-3,8,12,14H,4-7,9-10H2/t14-/m0/s1. The van der Waals surface area contributed by atoms with Crippen molar-refractivity contribution in [1.82, 2.24) is 4.90 Å². The second-order valence-corrected chi connectivity index (χ2v) is 8.70. The first kappa shape index (κ1) is 18.3. The van der Waals surface area contributed by atoms with Gasteiger partial charge in [0.1, 0.15) is 0 Å². The number of carbonyl (C=O) groups excluding carboxylic acids is 2. The molecule has 2 fully saturated rings. The summed E-state index contributed by atoms with van der Waals surface area (Å²) < 4.78 is 28.3.